The molecule has 0 atom stereocenters. The number of aromatic nitrogens is 1. The van der Waals surface area contributed by atoms with Gasteiger partial charge in [-0.2, -0.15) is 0 Å². The maximum Gasteiger partial charge on any atom is 0.336 e. The van der Waals surface area contributed by atoms with Crippen molar-refractivity contribution >= 4 is 21.7 Å². The number of hydrogen-bond acceptors (Lipinski definition) is 4. The fourth-order valence-corrected chi connectivity index (χ4v) is 3.50. The van der Waals surface area contributed by atoms with Gasteiger partial charge in [-0.25, -0.2) is 22.3 Å². The number of amides is 2. The highest BCUT2D eigenvalue weighted by Crippen LogP contribution is 2.19. The first kappa shape index (κ1) is 19.5. The van der Waals surface area contributed by atoms with Gasteiger partial charge in [0.25, 0.3) is 10.0 Å². The number of pyridine rings is 1. The topological polar surface area (TPSA) is 79.4 Å². The van der Waals surface area contributed by atoms with E-state index in [9.17, 15) is 17.6 Å². The number of rotatable bonds is 5. The lowest BCUT2D eigenvalue weighted by Gasteiger charge is -2.23. The molecule has 0 radical (unpaired) electrons. The summed E-state index contributed by atoms with van der Waals surface area (Å²) in [4.78, 5) is 17.9. The van der Waals surface area contributed by atoms with Crippen LogP contribution in [0.3, 0.4) is 0 Å². The molecule has 0 aliphatic heterocycles. The maximum atomic E-state index is 13.7. The summed E-state index contributed by atoms with van der Waals surface area (Å²) in [7, 11) is -4.08. The van der Waals surface area contributed by atoms with E-state index in [0.717, 1.165) is 16.5 Å². The summed E-state index contributed by atoms with van der Waals surface area (Å²) >= 11 is 0. The normalized spacial score (nSPS) is 11.1. The minimum atomic E-state index is -4.08. The minimum absolute atomic E-state index is 0.0204. The van der Waals surface area contributed by atoms with Gasteiger partial charge in [0, 0.05) is 18.1 Å². The first-order valence-electron chi connectivity index (χ1n) is 8.40. The van der Waals surface area contributed by atoms with E-state index >= 15 is 0 Å². The second-order valence-corrected chi connectivity index (χ2v) is 7.83. The zero-order valence-corrected chi connectivity index (χ0v) is 15.9. The van der Waals surface area contributed by atoms with Crippen molar-refractivity contribution in [3.8, 4) is 0 Å². The van der Waals surface area contributed by atoms with Gasteiger partial charge in [0.15, 0.2) is 0 Å². The maximum absolute atomic E-state index is 13.7. The molecule has 0 bridgehead atoms. The van der Waals surface area contributed by atoms with E-state index in [1.165, 1.54) is 30.3 Å². The first-order chi connectivity index (χ1) is 13.3. The molecule has 2 aromatic carbocycles. The quantitative estimate of drug-likeness (QED) is 0.711. The number of carbonyl (C=O) groups is 1. The fourth-order valence-electron chi connectivity index (χ4n) is 2.54. The van der Waals surface area contributed by atoms with Gasteiger partial charge in [0.05, 0.1) is 11.4 Å². The Kier molecular flexibility index (Phi) is 5.70. The highest BCUT2D eigenvalue weighted by Gasteiger charge is 2.23. The molecule has 3 aromatic rings. The second kappa shape index (κ2) is 8.18. The molecule has 3 rings (SSSR count). The Bertz CT molecular complexity index is 1070. The number of carbonyl (C=O) groups excluding carboxylic acids is 1. The average Bonchev–Trinajstić information content (AvgIpc) is 2.67. The summed E-state index contributed by atoms with van der Waals surface area (Å²) in [5.74, 6) is -0.539. The zero-order chi connectivity index (χ0) is 20.1. The van der Waals surface area contributed by atoms with Crippen molar-refractivity contribution in [2.24, 2.45) is 0 Å². The Balaban J connectivity index is 1.90. The standard InChI is InChI=1S/C20H18FN3O3S/c1-15-7-9-19(10-8-15)28(26,27)23-20(25)24(14-16-4-3-11-22-13-16)18-6-2-5-17(21)12-18/h2-13H,14H2,1H3,(H,23,25). The molecule has 6 nitrogen and oxygen atoms in total. The second-order valence-electron chi connectivity index (χ2n) is 6.15. The van der Waals surface area contributed by atoms with Crippen molar-refractivity contribution in [1.29, 1.82) is 0 Å². The molecule has 1 heterocycles. The number of nitrogens with zero attached hydrogens (tertiary/aromatic N) is 2. The van der Waals surface area contributed by atoms with E-state index in [1.807, 2.05) is 11.6 Å². The number of aryl methyl sites for hydroxylation is 1. The van der Waals surface area contributed by atoms with Crippen LogP contribution in [0.15, 0.2) is 78.0 Å². The van der Waals surface area contributed by atoms with Crippen LogP contribution in [0.25, 0.3) is 0 Å². The molecule has 1 N–H and O–H groups in total. The number of hydrogen-bond donors (Lipinski definition) is 1. The first-order valence-corrected chi connectivity index (χ1v) is 9.89. The predicted octanol–water partition coefficient (Wildman–Crippen LogP) is 3.63. The zero-order valence-electron chi connectivity index (χ0n) is 15.0. The molecule has 0 saturated carbocycles. The molecule has 144 valence electrons. The molecule has 0 spiro atoms. The Morgan fingerprint density at radius 3 is 2.50 bits per heavy atom. The lowest BCUT2D eigenvalue weighted by Crippen LogP contribution is -2.42. The van der Waals surface area contributed by atoms with E-state index in [4.69, 9.17) is 0 Å². The third-order valence-corrected chi connectivity index (χ3v) is 5.32. The third-order valence-electron chi connectivity index (χ3n) is 3.98. The van der Waals surface area contributed by atoms with Gasteiger partial charge >= 0.3 is 6.03 Å². The SMILES string of the molecule is Cc1ccc(S(=O)(=O)NC(=O)N(Cc2cccnc2)c2cccc(F)c2)cc1. The summed E-state index contributed by atoms with van der Waals surface area (Å²) in [6.45, 7) is 1.85. The minimum Gasteiger partial charge on any atom is -0.289 e. The van der Waals surface area contributed by atoms with Crippen LogP contribution in [0.2, 0.25) is 0 Å². The highest BCUT2D eigenvalue weighted by molar-refractivity contribution is 7.90. The number of benzene rings is 2. The number of anilines is 1. The average molecular weight is 399 g/mol. The van der Waals surface area contributed by atoms with E-state index in [0.29, 0.717) is 5.56 Å². The van der Waals surface area contributed by atoms with Crippen LogP contribution in [0.5, 0.6) is 0 Å². The summed E-state index contributed by atoms with van der Waals surface area (Å²) in [5, 5.41) is 0. The third kappa shape index (κ3) is 4.72. The van der Waals surface area contributed by atoms with Crippen molar-refractivity contribution in [2.45, 2.75) is 18.4 Å². The van der Waals surface area contributed by atoms with Crippen molar-refractivity contribution in [3.63, 3.8) is 0 Å². The lowest BCUT2D eigenvalue weighted by atomic mass is 10.2. The molecule has 0 aliphatic carbocycles. The molecular weight excluding hydrogens is 381 g/mol. The van der Waals surface area contributed by atoms with Crippen molar-refractivity contribution in [2.75, 3.05) is 4.90 Å². The Morgan fingerprint density at radius 1 is 1.11 bits per heavy atom. The van der Waals surface area contributed by atoms with Gasteiger partial charge in [-0.05, 0) is 48.9 Å². The van der Waals surface area contributed by atoms with Crippen LogP contribution in [-0.4, -0.2) is 19.4 Å². The number of nitrogens with one attached hydrogen (secondary N) is 1. The van der Waals surface area contributed by atoms with E-state index in [2.05, 4.69) is 4.98 Å². The Morgan fingerprint density at radius 2 is 1.86 bits per heavy atom. The molecule has 0 saturated heterocycles. The van der Waals surface area contributed by atoms with E-state index in [1.54, 1.807) is 36.7 Å². The van der Waals surface area contributed by atoms with E-state index < -0.39 is 21.9 Å². The molecule has 8 heteroatoms. The van der Waals surface area contributed by atoms with Crippen LogP contribution in [0.4, 0.5) is 14.9 Å². The summed E-state index contributed by atoms with van der Waals surface area (Å²) < 4.78 is 40.9. The largest absolute Gasteiger partial charge is 0.336 e. The molecule has 0 unspecified atom stereocenters. The van der Waals surface area contributed by atoms with Gasteiger partial charge in [-0.15, -0.1) is 0 Å². The van der Waals surface area contributed by atoms with Crippen LogP contribution >= 0.6 is 0 Å². The van der Waals surface area contributed by atoms with Gasteiger partial charge in [0.1, 0.15) is 5.82 Å². The molecule has 2 amide bonds. The number of halogens is 1. The fraction of sp³-hybridized carbons (Fsp3) is 0.100. The highest BCUT2D eigenvalue weighted by atomic mass is 32.2. The lowest BCUT2D eigenvalue weighted by molar-refractivity contribution is 0.250. The van der Waals surface area contributed by atoms with Crippen LogP contribution < -0.4 is 9.62 Å². The summed E-state index contributed by atoms with van der Waals surface area (Å²) in [6, 6.07) is 14.0. The van der Waals surface area contributed by atoms with E-state index in [-0.39, 0.29) is 17.1 Å². The van der Waals surface area contributed by atoms with Crippen LogP contribution in [0.1, 0.15) is 11.1 Å². The Hall–Kier alpha value is -3.26. The monoisotopic (exact) mass is 399 g/mol. The van der Waals surface area contributed by atoms with Crippen molar-refractivity contribution in [1.82, 2.24) is 9.71 Å². The molecule has 28 heavy (non-hydrogen) atoms. The smallest absolute Gasteiger partial charge is 0.289 e. The molecule has 0 fully saturated rings. The van der Waals surface area contributed by atoms with Crippen LogP contribution in [0, 0.1) is 12.7 Å². The van der Waals surface area contributed by atoms with Gasteiger partial charge in [0.2, 0.25) is 0 Å². The van der Waals surface area contributed by atoms with Crippen molar-refractivity contribution < 1.29 is 17.6 Å². The number of urea groups is 1. The predicted molar refractivity (Wildman–Crippen MR) is 104 cm³/mol. The molecule has 0 aliphatic rings. The van der Waals surface area contributed by atoms with Crippen LogP contribution in [-0.2, 0) is 16.6 Å². The van der Waals surface area contributed by atoms with Gasteiger partial charge in [-0.3, -0.25) is 9.88 Å². The number of sulfonamides is 1. The molecular formula is C20H18FN3O3S. The Labute approximate surface area is 162 Å². The van der Waals surface area contributed by atoms with Gasteiger partial charge < -0.3 is 0 Å². The summed E-state index contributed by atoms with van der Waals surface area (Å²) in [6.07, 6.45) is 3.13. The van der Waals surface area contributed by atoms with Crippen molar-refractivity contribution in [3.05, 3.63) is 90.0 Å². The van der Waals surface area contributed by atoms with Gasteiger partial charge in [-0.1, -0.05) is 29.8 Å². The molecule has 1 aromatic heterocycles. The summed E-state index contributed by atoms with van der Waals surface area (Å²) in [5.41, 5.74) is 1.78.